The summed E-state index contributed by atoms with van der Waals surface area (Å²) in [7, 11) is -3.95. The molecule has 5 nitrogen and oxygen atoms in total. The fourth-order valence-corrected chi connectivity index (χ4v) is 1.87. The van der Waals surface area contributed by atoms with Crippen molar-refractivity contribution in [1.29, 1.82) is 0 Å². The summed E-state index contributed by atoms with van der Waals surface area (Å²) >= 11 is 0. The van der Waals surface area contributed by atoms with Gasteiger partial charge in [-0.3, -0.25) is 0 Å². The highest BCUT2D eigenvalue weighted by Crippen LogP contribution is 2.21. The van der Waals surface area contributed by atoms with Crippen molar-refractivity contribution >= 4 is 15.7 Å². The van der Waals surface area contributed by atoms with E-state index in [2.05, 4.69) is 5.32 Å². The molecule has 5 N–H and O–H groups in total. The third-order valence-electron chi connectivity index (χ3n) is 2.03. The molecule has 0 bridgehead atoms. The van der Waals surface area contributed by atoms with E-state index in [4.69, 9.17) is 10.9 Å². The van der Waals surface area contributed by atoms with Crippen LogP contribution in [0.25, 0.3) is 0 Å². The normalized spacial score (nSPS) is 12.5. The van der Waals surface area contributed by atoms with Gasteiger partial charge >= 0.3 is 0 Å². The number of alkyl halides is 2. The van der Waals surface area contributed by atoms with Crippen LogP contribution in [0.5, 0.6) is 0 Å². The summed E-state index contributed by atoms with van der Waals surface area (Å²) in [5, 5.41) is 7.27. The number of primary sulfonamides is 1. The van der Waals surface area contributed by atoms with E-state index in [1.165, 1.54) is 24.3 Å². The van der Waals surface area contributed by atoms with Crippen molar-refractivity contribution in [3.05, 3.63) is 24.3 Å². The SMILES string of the molecule is NCC(F)(F)CNc1ccccc1S(N)(=O)=O. The van der Waals surface area contributed by atoms with Crippen LogP contribution >= 0.6 is 0 Å². The number of anilines is 1. The zero-order valence-corrected chi connectivity index (χ0v) is 9.68. The highest BCUT2D eigenvalue weighted by atomic mass is 32.2. The van der Waals surface area contributed by atoms with Gasteiger partial charge in [0.25, 0.3) is 5.92 Å². The van der Waals surface area contributed by atoms with Gasteiger partial charge in [-0.2, -0.15) is 0 Å². The van der Waals surface area contributed by atoms with Crippen molar-refractivity contribution < 1.29 is 17.2 Å². The lowest BCUT2D eigenvalue weighted by Crippen LogP contribution is -2.35. The Morgan fingerprint density at radius 3 is 2.41 bits per heavy atom. The van der Waals surface area contributed by atoms with Gasteiger partial charge in [0.05, 0.1) is 18.8 Å². The number of hydrogen-bond acceptors (Lipinski definition) is 4. The predicted octanol–water partition coefficient (Wildman–Crippen LogP) is 0.340. The van der Waals surface area contributed by atoms with Crippen LogP contribution in [-0.4, -0.2) is 27.4 Å². The van der Waals surface area contributed by atoms with Crippen LogP contribution in [0.15, 0.2) is 29.2 Å². The molecule has 0 atom stereocenters. The van der Waals surface area contributed by atoms with Gasteiger partial charge in [-0.05, 0) is 12.1 Å². The average Bonchev–Trinajstić information content (AvgIpc) is 2.26. The van der Waals surface area contributed by atoms with E-state index in [-0.39, 0.29) is 10.6 Å². The van der Waals surface area contributed by atoms with E-state index in [0.29, 0.717) is 0 Å². The molecule has 17 heavy (non-hydrogen) atoms. The van der Waals surface area contributed by atoms with E-state index in [9.17, 15) is 17.2 Å². The molecule has 0 spiro atoms. The minimum Gasteiger partial charge on any atom is -0.378 e. The van der Waals surface area contributed by atoms with Crippen LogP contribution < -0.4 is 16.2 Å². The van der Waals surface area contributed by atoms with Crippen LogP contribution in [0.1, 0.15) is 0 Å². The first-order valence-electron chi connectivity index (χ1n) is 4.70. The van der Waals surface area contributed by atoms with Crippen LogP contribution in [0.2, 0.25) is 0 Å². The maximum absolute atomic E-state index is 12.9. The van der Waals surface area contributed by atoms with Gasteiger partial charge in [0.15, 0.2) is 0 Å². The molecule has 0 heterocycles. The molecule has 0 amide bonds. The van der Waals surface area contributed by atoms with Gasteiger partial charge in [0.1, 0.15) is 4.90 Å². The van der Waals surface area contributed by atoms with Crippen molar-refractivity contribution in [3.8, 4) is 0 Å². The molecule has 0 aliphatic rings. The number of nitrogens with two attached hydrogens (primary N) is 2. The van der Waals surface area contributed by atoms with Gasteiger partial charge in [-0.1, -0.05) is 12.1 Å². The van der Waals surface area contributed by atoms with Crippen LogP contribution in [0.4, 0.5) is 14.5 Å². The zero-order valence-electron chi connectivity index (χ0n) is 8.86. The van der Waals surface area contributed by atoms with Gasteiger partial charge < -0.3 is 11.1 Å². The lowest BCUT2D eigenvalue weighted by Gasteiger charge is -2.16. The Hall–Kier alpha value is -1.25. The molecule has 0 aliphatic heterocycles. The summed E-state index contributed by atoms with van der Waals surface area (Å²) in [5.74, 6) is -3.11. The topological polar surface area (TPSA) is 98.2 Å². The molecule has 0 radical (unpaired) electrons. The number of para-hydroxylation sites is 1. The predicted molar refractivity (Wildman–Crippen MR) is 60.3 cm³/mol. The average molecular weight is 265 g/mol. The number of rotatable bonds is 5. The highest BCUT2D eigenvalue weighted by molar-refractivity contribution is 7.89. The van der Waals surface area contributed by atoms with E-state index in [1.54, 1.807) is 0 Å². The zero-order chi connectivity index (χ0) is 13.1. The summed E-state index contributed by atoms with van der Waals surface area (Å²) < 4.78 is 48.1. The Morgan fingerprint density at radius 2 is 1.88 bits per heavy atom. The molecule has 1 rings (SSSR count). The summed E-state index contributed by atoms with van der Waals surface area (Å²) in [6.07, 6.45) is 0. The fraction of sp³-hybridized carbons (Fsp3) is 0.333. The molecule has 1 aromatic carbocycles. The second kappa shape index (κ2) is 4.94. The molecular weight excluding hydrogens is 252 g/mol. The number of benzene rings is 1. The smallest absolute Gasteiger partial charge is 0.276 e. The summed E-state index contributed by atoms with van der Waals surface area (Å²) in [6.45, 7) is -1.58. The number of hydrogen-bond donors (Lipinski definition) is 3. The molecule has 0 aromatic heterocycles. The summed E-state index contributed by atoms with van der Waals surface area (Å²) in [6, 6.07) is 5.55. The number of sulfonamides is 1. The minimum atomic E-state index is -3.95. The van der Waals surface area contributed by atoms with E-state index in [1.807, 2.05) is 0 Å². The first-order valence-corrected chi connectivity index (χ1v) is 6.24. The van der Waals surface area contributed by atoms with Crippen molar-refractivity contribution in [1.82, 2.24) is 0 Å². The Morgan fingerprint density at radius 1 is 1.29 bits per heavy atom. The van der Waals surface area contributed by atoms with Crippen molar-refractivity contribution in [2.75, 3.05) is 18.4 Å². The maximum Gasteiger partial charge on any atom is 0.276 e. The van der Waals surface area contributed by atoms with Crippen LogP contribution in [0.3, 0.4) is 0 Å². The second-order valence-corrected chi connectivity index (χ2v) is 4.98. The Balaban J connectivity index is 2.93. The van der Waals surface area contributed by atoms with Gasteiger partial charge in [-0.25, -0.2) is 22.3 Å². The lowest BCUT2D eigenvalue weighted by atomic mass is 10.3. The van der Waals surface area contributed by atoms with E-state index in [0.717, 1.165) is 0 Å². The Labute approximate surface area is 97.8 Å². The highest BCUT2D eigenvalue weighted by Gasteiger charge is 2.27. The largest absolute Gasteiger partial charge is 0.378 e. The molecule has 0 saturated heterocycles. The molecule has 96 valence electrons. The van der Waals surface area contributed by atoms with Crippen molar-refractivity contribution in [2.24, 2.45) is 10.9 Å². The third kappa shape index (κ3) is 3.91. The molecule has 0 saturated carbocycles. The standard InChI is InChI=1S/C9H13F2N3O2S/c10-9(11,5-12)6-14-7-3-1-2-4-8(7)17(13,15)16/h1-4,14H,5-6,12H2,(H2,13,15,16). The first-order chi connectivity index (χ1) is 7.76. The molecule has 8 heteroatoms. The van der Waals surface area contributed by atoms with Crippen molar-refractivity contribution in [3.63, 3.8) is 0 Å². The van der Waals surface area contributed by atoms with Crippen LogP contribution in [0, 0.1) is 0 Å². The number of nitrogens with one attached hydrogen (secondary N) is 1. The number of halogens is 2. The second-order valence-electron chi connectivity index (χ2n) is 3.45. The third-order valence-corrected chi connectivity index (χ3v) is 3.00. The van der Waals surface area contributed by atoms with E-state index >= 15 is 0 Å². The molecule has 0 aliphatic carbocycles. The van der Waals surface area contributed by atoms with Gasteiger partial charge in [0.2, 0.25) is 10.0 Å². The molecular formula is C9H13F2N3O2S. The quantitative estimate of drug-likeness (QED) is 0.715. The Bertz CT molecular complexity index is 491. The van der Waals surface area contributed by atoms with Gasteiger partial charge in [0, 0.05) is 0 Å². The first kappa shape index (κ1) is 13.8. The fourth-order valence-electron chi connectivity index (χ4n) is 1.16. The van der Waals surface area contributed by atoms with E-state index < -0.39 is 29.0 Å². The maximum atomic E-state index is 12.9. The molecule has 1 aromatic rings. The lowest BCUT2D eigenvalue weighted by molar-refractivity contribution is 0.0253. The summed E-state index contributed by atoms with van der Waals surface area (Å²) in [4.78, 5) is -0.229. The molecule has 0 fully saturated rings. The monoisotopic (exact) mass is 265 g/mol. The molecule has 0 unspecified atom stereocenters. The summed E-state index contributed by atoms with van der Waals surface area (Å²) in [5.41, 5.74) is 4.89. The van der Waals surface area contributed by atoms with Crippen LogP contribution in [-0.2, 0) is 10.0 Å². The minimum absolute atomic E-state index is 0.0307. The van der Waals surface area contributed by atoms with Crippen molar-refractivity contribution in [2.45, 2.75) is 10.8 Å². The Kier molecular flexibility index (Phi) is 4.02. The van der Waals surface area contributed by atoms with Gasteiger partial charge in [-0.15, -0.1) is 0 Å².